The fourth-order valence-corrected chi connectivity index (χ4v) is 5.85. The third-order valence-electron chi connectivity index (χ3n) is 7.19. The van der Waals surface area contributed by atoms with E-state index in [9.17, 15) is 9.90 Å². The number of benzene rings is 3. The number of hydrogen-bond acceptors (Lipinski definition) is 3. The number of hydrogen-bond donors (Lipinski definition) is 2. The van der Waals surface area contributed by atoms with Gasteiger partial charge >= 0.3 is 5.97 Å². The average Bonchev–Trinajstić information content (AvgIpc) is 3.21. The Balaban J connectivity index is 1.71. The van der Waals surface area contributed by atoms with Crippen molar-refractivity contribution in [1.29, 1.82) is 0 Å². The van der Waals surface area contributed by atoms with Crippen LogP contribution < -0.4 is 4.74 Å². The fraction of sp³-hybridized carbons (Fsp3) is 0.300. The molecule has 1 aromatic heterocycles. The lowest BCUT2D eigenvalue weighted by atomic mass is 9.86. The first-order valence-electron chi connectivity index (χ1n) is 12.4. The van der Waals surface area contributed by atoms with Crippen LogP contribution in [0.25, 0.3) is 22.0 Å². The first-order valence-corrected chi connectivity index (χ1v) is 12.8. The third-order valence-corrected chi connectivity index (χ3v) is 7.50. The standard InChI is InChI=1S/C30H29ClF2N2O3/c1-16-11-21-20-7-5-6-8-24(20)34-27(21)28(35(16)15-30(2,3)33)26-23(32)13-18(14-25(26)38-4)19-10-9-17(29(36)37)12-22(19)31/h5-10,12-14,16,28,34H,11,15H2,1-4H3,(H,36,37)/t16-,28-/m1/s1. The Bertz CT molecular complexity index is 1540. The SMILES string of the molecule is COc1cc(-c2ccc(C(=O)O)cc2Cl)cc(F)c1[C@@H]1c2[nH]c3ccccc3c2C[C@@H](C)N1CC(C)(C)F. The molecule has 0 bridgehead atoms. The molecule has 2 N–H and O–H groups in total. The van der Waals surface area contributed by atoms with Crippen molar-refractivity contribution in [3.8, 4) is 16.9 Å². The van der Waals surface area contributed by atoms with Gasteiger partial charge in [-0.05, 0) is 68.7 Å². The molecule has 8 heteroatoms. The Hall–Kier alpha value is -3.42. The lowest BCUT2D eigenvalue weighted by Crippen LogP contribution is -2.48. The van der Waals surface area contributed by atoms with Crippen molar-refractivity contribution in [3.63, 3.8) is 0 Å². The summed E-state index contributed by atoms with van der Waals surface area (Å²) in [7, 11) is 1.47. The summed E-state index contributed by atoms with van der Waals surface area (Å²) in [5.74, 6) is -1.33. The predicted octanol–water partition coefficient (Wildman–Crippen LogP) is 7.42. The maximum Gasteiger partial charge on any atom is 0.335 e. The van der Waals surface area contributed by atoms with Gasteiger partial charge in [-0.15, -0.1) is 0 Å². The van der Waals surface area contributed by atoms with E-state index in [1.54, 1.807) is 12.1 Å². The molecular formula is C30H29ClF2N2O3. The van der Waals surface area contributed by atoms with E-state index in [0.29, 0.717) is 28.9 Å². The van der Waals surface area contributed by atoms with Crippen LogP contribution >= 0.6 is 11.6 Å². The van der Waals surface area contributed by atoms with Gasteiger partial charge in [-0.1, -0.05) is 35.9 Å². The highest BCUT2D eigenvalue weighted by Crippen LogP contribution is 2.46. The van der Waals surface area contributed by atoms with Crippen LogP contribution in [-0.4, -0.2) is 46.3 Å². The number of nitrogens with one attached hydrogen (secondary N) is 1. The summed E-state index contributed by atoms with van der Waals surface area (Å²) in [6.45, 7) is 5.18. The summed E-state index contributed by atoms with van der Waals surface area (Å²) in [5, 5.41) is 10.5. The van der Waals surface area contributed by atoms with E-state index in [4.69, 9.17) is 16.3 Å². The van der Waals surface area contributed by atoms with Gasteiger partial charge in [0, 0.05) is 39.8 Å². The molecule has 198 valence electrons. The van der Waals surface area contributed by atoms with Gasteiger partial charge in [-0.25, -0.2) is 13.6 Å². The van der Waals surface area contributed by atoms with E-state index in [2.05, 4.69) is 4.98 Å². The van der Waals surface area contributed by atoms with Gasteiger partial charge in [0.25, 0.3) is 0 Å². The number of H-pyrrole nitrogens is 1. The molecule has 1 aliphatic heterocycles. The van der Waals surface area contributed by atoms with E-state index < -0.39 is 23.5 Å². The van der Waals surface area contributed by atoms with Crippen LogP contribution in [0.5, 0.6) is 5.75 Å². The van der Waals surface area contributed by atoms with Crippen molar-refractivity contribution in [1.82, 2.24) is 9.88 Å². The number of ether oxygens (including phenoxy) is 1. The van der Waals surface area contributed by atoms with E-state index in [1.807, 2.05) is 36.1 Å². The van der Waals surface area contributed by atoms with Crippen molar-refractivity contribution >= 4 is 28.5 Å². The van der Waals surface area contributed by atoms with Crippen LogP contribution in [0, 0.1) is 5.82 Å². The number of aromatic amines is 1. The molecule has 3 aromatic carbocycles. The van der Waals surface area contributed by atoms with Crippen molar-refractivity contribution < 1.29 is 23.4 Å². The molecule has 0 spiro atoms. The summed E-state index contributed by atoms with van der Waals surface area (Å²) in [6.07, 6.45) is 0.694. The number of rotatable bonds is 6. The van der Waals surface area contributed by atoms with Gasteiger partial charge in [0.2, 0.25) is 0 Å². The summed E-state index contributed by atoms with van der Waals surface area (Å²) in [6, 6.07) is 14.6. The first-order chi connectivity index (χ1) is 18.0. The highest BCUT2D eigenvalue weighted by molar-refractivity contribution is 6.33. The number of aromatic nitrogens is 1. The fourth-order valence-electron chi connectivity index (χ4n) is 5.56. The van der Waals surface area contributed by atoms with Crippen LogP contribution in [0.4, 0.5) is 8.78 Å². The molecule has 1 aliphatic rings. The van der Waals surface area contributed by atoms with E-state index in [-0.39, 0.29) is 23.2 Å². The van der Waals surface area contributed by atoms with Gasteiger partial charge < -0.3 is 14.8 Å². The Kier molecular flexibility index (Phi) is 6.70. The molecule has 0 aliphatic carbocycles. The number of methoxy groups -OCH3 is 1. The van der Waals surface area contributed by atoms with Crippen molar-refractivity contribution in [2.45, 2.75) is 44.9 Å². The molecule has 0 radical (unpaired) electrons. The minimum atomic E-state index is -1.51. The molecule has 0 fully saturated rings. The maximum absolute atomic E-state index is 16.2. The molecule has 0 saturated heterocycles. The Morgan fingerprint density at radius 2 is 1.95 bits per heavy atom. The van der Waals surface area contributed by atoms with Crippen molar-refractivity contribution in [2.75, 3.05) is 13.7 Å². The largest absolute Gasteiger partial charge is 0.496 e. The molecule has 38 heavy (non-hydrogen) atoms. The number of aromatic carboxylic acids is 1. The van der Waals surface area contributed by atoms with Gasteiger partial charge in [0.05, 0.1) is 24.3 Å². The van der Waals surface area contributed by atoms with Crippen molar-refractivity contribution in [3.05, 3.63) is 87.8 Å². The summed E-state index contributed by atoms with van der Waals surface area (Å²) in [5.41, 5.74) is 2.60. The third kappa shape index (κ3) is 4.65. The zero-order chi connectivity index (χ0) is 27.4. The quantitative estimate of drug-likeness (QED) is 0.268. The van der Waals surface area contributed by atoms with Crippen LogP contribution in [-0.2, 0) is 6.42 Å². The Morgan fingerprint density at radius 1 is 1.21 bits per heavy atom. The number of carboxylic acid groups (broad SMARTS) is 1. The zero-order valence-electron chi connectivity index (χ0n) is 21.6. The second kappa shape index (κ2) is 9.71. The minimum Gasteiger partial charge on any atom is -0.496 e. The van der Waals surface area contributed by atoms with Gasteiger partial charge in [0.1, 0.15) is 17.2 Å². The highest BCUT2D eigenvalue weighted by Gasteiger charge is 2.41. The molecule has 5 nitrogen and oxygen atoms in total. The van der Waals surface area contributed by atoms with Gasteiger partial charge in [-0.3, -0.25) is 4.90 Å². The van der Waals surface area contributed by atoms with Crippen LogP contribution in [0.3, 0.4) is 0 Å². The van der Waals surface area contributed by atoms with Gasteiger partial charge in [-0.2, -0.15) is 0 Å². The molecule has 0 unspecified atom stereocenters. The number of alkyl halides is 1. The number of para-hydroxylation sites is 1. The summed E-state index contributed by atoms with van der Waals surface area (Å²) >= 11 is 6.39. The Labute approximate surface area is 225 Å². The Morgan fingerprint density at radius 3 is 2.61 bits per heavy atom. The smallest absolute Gasteiger partial charge is 0.335 e. The molecular weight excluding hydrogens is 510 g/mol. The summed E-state index contributed by atoms with van der Waals surface area (Å²) in [4.78, 5) is 16.8. The molecule has 4 aromatic rings. The number of carbonyl (C=O) groups is 1. The molecule has 0 amide bonds. The first kappa shape index (κ1) is 26.2. The molecule has 0 saturated carbocycles. The van der Waals surface area contributed by atoms with E-state index >= 15 is 8.78 Å². The second-order valence-corrected chi connectivity index (χ2v) is 10.9. The molecule has 5 rings (SSSR count). The number of fused-ring (bicyclic) bond motifs is 3. The van der Waals surface area contributed by atoms with Crippen LogP contribution in [0.15, 0.2) is 54.6 Å². The topological polar surface area (TPSA) is 65.6 Å². The number of carboxylic acids is 1. The van der Waals surface area contributed by atoms with Crippen LogP contribution in [0.2, 0.25) is 5.02 Å². The van der Waals surface area contributed by atoms with Gasteiger partial charge in [0.15, 0.2) is 0 Å². The monoisotopic (exact) mass is 538 g/mol. The van der Waals surface area contributed by atoms with E-state index in [1.165, 1.54) is 39.2 Å². The molecule has 2 heterocycles. The number of nitrogens with zero attached hydrogens (tertiary/aromatic N) is 1. The maximum atomic E-state index is 16.2. The predicted molar refractivity (Wildman–Crippen MR) is 146 cm³/mol. The summed E-state index contributed by atoms with van der Waals surface area (Å²) < 4.78 is 37.1. The molecule has 2 atom stereocenters. The van der Waals surface area contributed by atoms with E-state index in [0.717, 1.165) is 22.2 Å². The average molecular weight is 539 g/mol. The normalized spacial score (nSPS) is 18.0. The zero-order valence-corrected chi connectivity index (χ0v) is 22.4. The minimum absolute atomic E-state index is 0.0369. The second-order valence-electron chi connectivity index (χ2n) is 10.5. The lowest BCUT2D eigenvalue weighted by Gasteiger charge is -2.43. The number of halogens is 3. The van der Waals surface area contributed by atoms with Crippen molar-refractivity contribution in [2.24, 2.45) is 0 Å². The lowest BCUT2D eigenvalue weighted by molar-refractivity contribution is 0.0646. The highest BCUT2D eigenvalue weighted by atomic mass is 35.5. The van der Waals surface area contributed by atoms with Crippen LogP contribution in [0.1, 0.15) is 54.0 Å².